The molecule has 1 aliphatic carbocycles. The van der Waals surface area contributed by atoms with Gasteiger partial charge in [-0.2, -0.15) is 0 Å². The van der Waals surface area contributed by atoms with Crippen molar-refractivity contribution in [3.05, 3.63) is 18.3 Å². The predicted octanol–water partition coefficient (Wildman–Crippen LogP) is 3.22. The topological polar surface area (TPSA) is 34.1 Å². The molecule has 0 aliphatic heterocycles. The van der Waals surface area contributed by atoms with Gasteiger partial charge in [-0.25, -0.2) is 4.98 Å². The standard InChI is InChI=1S/C13H20N2O/c1-2-16-12-8-9-14-13(10-12)15-11-6-4-3-5-7-11/h8-11H,2-7H2,1H3,(H,14,15). The van der Waals surface area contributed by atoms with E-state index in [1.807, 2.05) is 19.1 Å². The van der Waals surface area contributed by atoms with E-state index < -0.39 is 0 Å². The van der Waals surface area contributed by atoms with E-state index in [4.69, 9.17) is 4.74 Å². The Morgan fingerprint density at radius 1 is 1.38 bits per heavy atom. The Kier molecular flexibility index (Phi) is 4.03. The van der Waals surface area contributed by atoms with Crippen LogP contribution in [0.3, 0.4) is 0 Å². The molecule has 2 rings (SSSR count). The lowest BCUT2D eigenvalue weighted by molar-refractivity contribution is 0.340. The second-order valence-electron chi connectivity index (χ2n) is 4.29. The average Bonchev–Trinajstić information content (AvgIpc) is 2.31. The van der Waals surface area contributed by atoms with Crippen molar-refractivity contribution in [2.45, 2.75) is 45.1 Å². The van der Waals surface area contributed by atoms with Crippen LogP contribution in [-0.4, -0.2) is 17.6 Å². The molecule has 0 unspecified atom stereocenters. The number of pyridine rings is 1. The summed E-state index contributed by atoms with van der Waals surface area (Å²) in [5.41, 5.74) is 0. The fraction of sp³-hybridized carbons (Fsp3) is 0.615. The Labute approximate surface area is 97.2 Å². The molecule has 1 N–H and O–H groups in total. The lowest BCUT2D eigenvalue weighted by Gasteiger charge is -2.23. The minimum absolute atomic E-state index is 0.595. The third-order valence-electron chi connectivity index (χ3n) is 3.00. The van der Waals surface area contributed by atoms with Crippen LogP contribution in [0.5, 0.6) is 5.75 Å². The van der Waals surface area contributed by atoms with Crippen molar-refractivity contribution < 1.29 is 4.74 Å². The number of ether oxygens (including phenoxy) is 1. The summed E-state index contributed by atoms with van der Waals surface area (Å²) in [4.78, 5) is 4.32. The zero-order chi connectivity index (χ0) is 11.2. The van der Waals surface area contributed by atoms with Crippen LogP contribution < -0.4 is 10.1 Å². The van der Waals surface area contributed by atoms with E-state index in [9.17, 15) is 0 Å². The van der Waals surface area contributed by atoms with Gasteiger partial charge in [0, 0.05) is 18.3 Å². The summed E-state index contributed by atoms with van der Waals surface area (Å²) in [6.07, 6.45) is 8.38. The van der Waals surface area contributed by atoms with Gasteiger partial charge in [-0.3, -0.25) is 0 Å². The molecule has 0 bridgehead atoms. The molecule has 0 amide bonds. The molecule has 0 aromatic carbocycles. The first-order chi connectivity index (χ1) is 7.88. The van der Waals surface area contributed by atoms with Crippen molar-refractivity contribution >= 4 is 5.82 Å². The smallest absolute Gasteiger partial charge is 0.129 e. The zero-order valence-corrected chi connectivity index (χ0v) is 9.91. The molecule has 1 aromatic rings. The summed E-state index contributed by atoms with van der Waals surface area (Å²) >= 11 is 0. The van der Waals surface area contributed by atoms with Crippen LogP contribution in [0.4, 0.5) is 5.82 Å². The van der Waals surface area contributed by atoms with Gasteiger partial charge in [0.15, 0.2) is 0 Å². The number of aromatic nitrogens is 1. The molecular weight excluding hydrogens is 200 g/mol. The molecule has 1 aromatic heterocycles. The molecule has 0 radical (unpaired) electrons. The first-order valence-corrected chi connectivity index (χ1v) is 6.24. The first kappa shape index (κ1) is 11.2. The number of nitrogens with zero attached hydrogens (tertiary/aromatic N) is 1. The lowest BCUT2D eigenvalue weighted by Crippen LogP contribution is -2.22. The van der Waals surface area contributed by atoms with Crippen molar-refractivity contribution in [2.75, 3.05) is 11.9 Å². The van der Waals surface area contributed by atoms with E-state index in [-0.39, 0.29) is 0 Å². The van der Waals surface area contributed by atoms with Gasteiger partial charge < -0.3 is 10.1 Å². The number of hydrogen-bond acceptors (Lipinski definition) is 3. The van der Waals surface area contributed by atoms with Crippen LogP contribution in [0.15, 0.2) is 18.3 Å². The maximum atomic E-state index is 5.46. The van der Waals surface area contributed by atoms with Crippen LogP contribution >= 0.6 is 0 Å². The molecule has 0 spiro atoms. The highest BCUT2D eigenvalue weighted by Gasteiger charge is 2.13. The number of anilines is 1. The van der Waals surface area contributed by atoms with Crippen LogP contribution in [0.25, 0.3) is 0 Å². The molecule has 16 heavy (non-hydrogen) atoms. The second-order valence-corrected chi connectivity index (χ2v) is 4.29. The number of hydrogen-bond donors (Lipinski definition) is 1. The number of rotatable bonds is 4. The van der Waals surface area contributed by atoms with Gasteiger partial charge in [0.25, 0.3) is 0 Å². The van der Waals surface area contributed by atoms with Gasteiger partial charge in [-0.1, -0.05) is 19.3 Å². The summed E-state index contributed by atoms with van der Waals surface area (Å²) < 4.78 is 5.46. The largest absolute Gasteiger partial charge is 0.494 e. The molecule has 1 aliphatic rings. The average molecular weight is 220 g/mol. The summed E-state index contributed by atoms with van der Waals surface area (Å²) in [6, 6.07) is 4.48. The van der Waals surface area contributed by atoms with Gasteiger partial charge in [0.2, 0.25) is 0 Å². The van der Waals surface area contributed by atoms with Gasteiger partial charge in [-0.15, -0.1) is 0 Å². The Balaban J connectivity index is 1.94. The van der Waals surface area contributed by atoms with Crippen molar-refractivity contribution in [3.8, 4) is 5.75 Å². The first-order valence-electron chi connectivity index (χ1n) is 6.24. The van der Waals surface area contributed by atoms with E-state index in [0.29, 0.717) is 12.6 Å². The maximum Gasteiger partial charge on any atom is 0.129 e. The predicted molar refractivity (Wildman–Crippen MR) is 65.9 cm³/mol. The minimum Gasteiger partial charge on any atom is -0.494 e. The van der Waals surface area contributed by atoms with E-state index in [2.05, 4.69) is 10.3 Å². The molecule has 1 saturated carbocycles. The van der Waals surface area contributed by atoms with E-state index in [1.165, 1.54) is 32.1 Å². The van der Waals surface area contributed by atoms with Crippen LogP contribution in [-0.2, 0) is 0 Å². The molecule has 0 saturated heterocycles. The van der Waals surface area contributed by atoms with E-state index >= 15 is 0 Å². The van der Waals surface area contributed by atoms with Crippen LogP contribution in [0, 0.1) is 0 Å². The molecule has 1 heterocycles. The monoisotopic (exact) mass is 220 g/mol. The Morgan fingerprint density at radius 3 is 2.94 bits per heavy atom. The van der Waals surface area contributed by atoms with Crippen molar-refractivity contribution in [1.29, 1.82) is 0 Å². The van der Waals surface area contributed by atoms with Gasteiger partial charge >= 0.3 is 0 Å². The fourth-order valence-corrected chi connectivity index (χ4v) is 2.20. The van der Waals surface area contributed by atoms with Crippen LogP contribution in [0.1, 0.15) is 39.0 Å². The SMILES string of the molecule is CCOc1ccnc(NC2CCCCC2)c1. The van der Waals surface area contributed by atoms with Gasteiger partial charge in [0.05, 0.1) is 6.61 Å². The zero-order valence-electron chi connectivity index (χ0n) is 9.91. The maximum absolute atomic E-state index is 5.46. The van der Waals surface area contributed by atoms with Crippen molar-refractivity contribution in [1.82, 2.24) is 4.98 Å². The molecule has 88 valence electrons. The molecular formula is C13H20N2O. The summed E-state index contributed by atoms with van der Waals surface area (Å²) in [7, 11) is 0. The highest BCUT2D eigenvalue weighted by atomic mass is 16.5. The van der Waals surface area contributed by atoms with Crippen molar-refractivity contribution in [2.24, 2.45) is 0 Å². The van der Waals surface area contributed by atoms with E-state index in [0.717, 1.165) is 11.6 Å². The van der Waals surface area contributed by atoms with Gasteiger partial charge in [0.1, 0.15) is 11.6 Å². The minimum atomic E-state index is 0.595. The highest BCUT2D eigenvalue weighted by Crippen LogP contribution is 2.22. The normalized spacial score (nSPS) is 17.1. The quantitative estimate of drug-likeness (QED) is 0.846. The third kappa shape index (κ3) is 3.12. The Hall–Kier alpha value is -1.25. The van der Waals surface area contributed by atoms with Crippen LogP contribution in [0.2, 0.25) is 0 Å². The summed E-state index contributed by atoms with van der Waals surface area (Å²) in [5.74, 6) is 1.84. The highest BCUT2D eigenvalue weighted by molar-refractivity contribution is 5.41. The van der Waals surface area contributed by atoms with E-state index in [1.54, 1.807) is 6.20 Å². The summed E-state index contributed by atoms with van der Waals surface area (Å²) in [5, 5.41) is 3.49. The second kappa shape index (κ2) is 5.73. The molecule has 3 heteroatoms. The summed E-state index contributed by atoms with van der Waals surface area (Å²) in [6.45, 7) is 2.70. The molecule has 3 nitrogen and oxygen atoms in total. The Morgan fingerprint density at radius 2 is 2.19 bits per heavy atom. The molecule has 0 atom stereocenters. The van der Waals surface area contributed by atoms with Crippen molar-refractivity contribution in [3.63, 3.8) is 0 Å². The van der Waals surface area contributed by atoms with Gasteiger partial charge in [-0.05, 0) is 25.8 Å². The molecule has 1 fully saturated rings. The number of nitrogens with one attached hydrogen (secondary N) is 1. The fourth-order valence-electron chi connectivity index (χ4n) is 2.20. The lowest BCUT2D eigenvalue weighted by atomic mass is 9.95. The third-order valence-corrected chi connectivity index (χ3v) is 3.00. The Bertz CT molecular complexity index is 321.